The maximum absolute atomic E-state index is 10.5. The third kappa shape index (κ3) is 19.2. The van der Waals surface area contributed by atoms with Gasteiger partial charge < -0.3 is 16.2 Å². The molecule has 4 N–H and O–H groups in total. The number of aliphatic hydroxyl groups is 1. The van der Waals surface area contributed by atoms with Gasteiger partial charge in [-0.3, -0.25) is 0 Å². The SMILES string of the molecule is CCCCCCCCCCCCCCC(O)CCCNC(N)=O. The van der Waals surface area contributed by atoms with Gasteiger partial charge in [-0.2, -0.15) is 0 Å². The van der Waals surface area contributed by atoms with Crippen LogP contribution in [0.4, 0.5) is 4.79 Å². The molecule has 0 fully saturated rings. The Kier molecular flexibility index (Phi) is 17.0. The van der Waals surface area contributed by atoms with Crippen LogP contribution < -0.4 is 11.1 Å². The van der Waals surface area contributed by atoms with Crippen molar-refractivity contribution < 1.29 is 9.90 Å². The fourth-order valence-corrected chi connectivity index (χ4v) is 2.91. The van der Waals surface area contributed by atoms with Crippen LogP contribution in [0.1, 0.15) is 103 Å². The van der Waals surface area contributed by atoms with Crippen LogP contribution >= 0.6 is 0 Å². The topological polar surface area (TPSA) is 75.3 Å². The predicted octanol–water partition coefficient (Wildman–Crippen LogP) is 4.89. The molecule has 0 saturated heterocycles. The zero-order valence-corrected chi connectivity index (χ0v) is 15.3. The van der Waals surface area contributed by atoms with Crippen molar-refractivity contribution in [1.82, 2.24) is 5.32 Å². The highest BCUT2D eigenvalue weighted by Gasteiger charge is 2.04. The van der Waals surface area contributed by atoms with Crippen molar-refractivity contribution in [2.75, 3.05) is 6.54 Å². The third-order valence-electron chi connectivity index (χ3n) is 4.40. The molecule has 0 aliphatic heterocycles. The lowest BCUT2D eigenvalue weighted by Crippen LogP contribution is -2.30. The van der Waals surface area contributed by atoms with Crippen molar-refractivity contribution in [2.45, 2.75) is 109 Å². The molecule has 0 radical (unpaired) electrons. The number of nitrogens with one attached hydrogen (secondary N) is 1. The summed E-state index contributed by atoms with van der Waals surface area (Å²) in [5, 5.41) is 12.4. The molecular weight excluding hydrogens is 288 g/mol. The monoisotopic (exact) mass is 328 g/mol. The highest BCUT2D eigenvalue weighted by atomic mass is 16.3. The van der Waals surface area contributed by atoms with E-state index < -0.39 is 6.03 Å². The predicted molar refractivity (Wildman–Crippen MR) is 98.5 cm³/mol. The molecule has 4 nitrogen and oxygen atoms in total. The molecule has 0 heterocycles. The van der Waals surface area contributed by atoms with Crippen LogP contribution in [0.25, 0.3) is 0 Å². The molecule has 0 aromatic rings. The van der Waals surface area contributed by atoms with Gasteiger partial charge in [0.15, 0.2) is 0 Å². The molecule has 0 aliphatic carbocycles. The van der Waals surface area contributed by atoms with E-state index >= 15 is 0 Å². The van der Waals surface area contributed by atoms with E-state index in [0.29, 0.717) is 6.54 Å². The van der Waals surface area contributed by atoms with E-state index in [0.717, 1.165) is 25.7 Å². The smallest absolute Gasteiger partial charge is 0.312 e. The minimum Gasteiger partial charge on any atom is -0.393 e. The van der Waals surface area contributed by atoms with E-state index in [9.17, 15) is 9.90 Å². The lowest BCUT2D eigenvalue weighted by Gasteiger charge is -2.10. The summed E-state index contributed by atoms with van der Waals surface area (Å²) in [5.41, 5.74) is 4.98. The highest BCUT2D eigenvalue weighted by Crippen LogP contribution is 2.13. The summed E-state index contributed by atoms with van der Waals surface area (Å²) in [6.07, 6.45) is 18.3. The molecule has 0 spiro atoms. The van der Waals surface area contributed by atoms with Crippen LogP contribution in [-0.2, 0) is 0 Å². The highest BCUT2D eigenvalue weighted by molar-refractivity contribution is 5.71. The Balaban J connectivity index is 3.13. The Labute approximate surface area is 143 Å². The molecule has 0 aromatic heterocycles. The van der Waals surface area contributed by atoms with Crippen molar-refractivity contribution >= 4 is 6.03 Å². The molecular formula is C19H40N2O2. The van der Waals surface area contributed by atoms with Crippen LogP contribution in [0.2, 0.25) is 0 Å². The number of urea groups is 1. The summed E-state index contributed by atoms with van der Waals surface area (Å²) in [4.78, 5) is 10.5. The number of hydrogen-bond donors (Lipinski definition) is 3. The molecule has 0 saturated carbocycles. The number of carbonyl (C=O) groups excluding carboxylic acids is 1. The van der Waals surface area contributed by atoms with Crippen molar-refractivity contribution in [2.24, 2.45) is 5.73 Å². The summed E-state index contributed by atoms with van der Waals surface area (Å²) >= 11 is 0. The first-order chi connectivity index (χ1) is 11.2. The summed E-state index contributed by atoms with van der Waals surface area (Å²) in [6, 6.07) is -0.486. The van der Waals surface area contributed by atoms with E-state index in [1.807, 2.05) is 0 Å². The Hall–Kier alpha value is -0.770. The third-order valence-corrected chi connectivity index (χ3v) is 4.40. The number of primary amides is 1. The van der Waals surface area contributed by atoms with E-state index in [-0.39, 0.29) is 6.10 Å². The molecule has 2 amide bonds. The van der Waals surface area contributed by atoms with E-state index in [1.54, 1.807) is 0 Å². The fraction of sp³-hybridized carbons (Fsp3) is 0.947. The molecule has 0 bridgehead atoms. The molecule has 138 valence electrons. The Morgan fingerprint density at radius 3 is 1.74 bits per heavy atom. The van der Waals surface area contributed by atoms with Gasteiger partial charge in [0.2, 0.25) is 0 Å². The first-order valence-corrected chi connectivity index (χ1v) is 9.88. The lowest BCUT2D eigenvalue weighted by atomic mass is 10.0. The van der Waals surface area contributed by atoms with E-state index in [1.165, 1.54) is 70.6 Å². The minimum absolute atomic E-state index is 0.229. The van der Waals surface area contributed by atoms with Gasteiger partial charge in [-0.05, 0) is 19.3 Å². The van der Waals surface area contributed by atoms with Gasteiger partial charge in [-0.15, -0.1) is 0 Å². The fourth-order valence-electron chi connectivity index (χ4n) is 2.91. The Morgan fingerprint density at radius 2 is 1.26 bits per heavy atom. The number of rotatable bonds is 17. The average molecular weight is 329 g/mol. The second-order valence-electron chi connectivity index (χ2n) is 6.76. The van der Waals surface area contributed by atoms with Gasteiger partial charge in [0.05, 0.1) is 6.10 Å². The average Bonchev–Trinajstić information content (AvgIpc) is 2.52. The standard InChI is InChI=1S/C19H40N2O2/c1-2-3-4-5-6-7-8-9-10-11-12-13-15-18(22)16-14-17-21-19(20)23/h18,22H,2-17H2,1H3,(H3,20,21,23). The summed E-state index contributed by atoms with van der Waals surface area (Å²) in [6.45, 7) is 2.82. The second kappa shape index (κ2) is 17.6. The van der Waals surface area contributed by atoms with Gasteiger partial charge in [-0.1, -0.05) is 84.0 Å². The first kappa shape index (κ1) is 22.2. The molecule has 1 unspecified atom stereocenters. The number of nitrogens with two attached hydrogens (primary N) is 1. The van der Waals surface area contributed by atoms with Gasteiger partial charge in [-0.25, -0.2) is 4.79 Å². The summed E-state index contributed by atoms with van der Waals surface area (Å²) < 4.78 is 0. The maximum atomic E-state index is 10.5. The lowest BCUT2D eigenvalue weighted by molar-refractivity contribution is 0.148. The van der Waals surface area contributed by atoms with Gasteiger partial charge in [0.1, 0.15) is 0 Å². The first-order valence-electron chi connectivity index (χ1n) is 9.88. The van der Waals surface area contributed by atoms with Gasteiger partial charge in [0.25, 0.3) is 0 Å². The molecule has 0 rings (SSSR count). The van der Waals surface area contributed by atoms with Crippen molar-refractivity contribution in [3.8, 4) is 0 Å². The van der Waals surface area contributed by atoms with Crippen molar-refractivity contribution in [3.05, 3.63) is 0 Å². The molecule has 1 atom stereocenters. The normalized spacial score (nSPS) is 12.3. The number of aliphatic hydroxyl groups excluding tert-OH is 1. The minimum atomic E-state index is -0.486. The zero-order valence-electron chi connectivity index (χ0n) is 15.3. The van der Waals surface area contributed by atoms with E-state index in [2.05, 4.69) is 12.2 Å². The Morgan fingerprint density at radius 1 is 0.826 bits per heavy atom. The van der Waals surface area contributed by atoms with Crippen LogP contribution in [0, 0.1) is 0 Å². The largest absolute Gasteiger partial charge is 0.393 e. The molecule has 4 heteroatoms. The van der Waals surface area contributed by atoms with Gasteiger partial charge >= 0.3 is 6.03 Å². The van der Waals surface area contributed by atoms with Gasteiger partial charge in [0, 0.05) is 6.54 Å². The van der Waals surface area contributed by atoms with Crippen molar-refractivity contribution in [3.63, 3.8) is 0 Å². The molecule has 0 aromatic carbocycles. The molecule has 0 aliphatic rings. The quantitative estimate of drug-likeness (QED) is 0.333. The van der Waals surface area contributed by atoms with Crippen LogP contribution in [0.15, 0.2) is 0 Å². The summed E-state index contributed by atoms with van der Waals surface area (Å²) in [5.74, 6) is 0. The van der Waals surface area contributed by atoms with Crippen LogP contribution in [0.5, 0.6) is 0 Å². The zero-order chi connectivity index (χ0) is 17.2. The Bertz CT molecular complexity index is 260. The van der Waals surface area contributed by atoms with Crippen LogP contribution in [0.3, 0.4) is 0 Å². The van der Waals surface area contributed by atoms with Crippen LogP contribution in [-0.4, -0.2) is 23.8 Å². The number of hydrogen-bond acceptors (Lipinski definition) is 2. The van der Waals surface area contributed by atoms with Crippen molar-refractivity contribution in [1.29, 1.82) is 0 Å². The second-order valence-corrected chi connectivity index (χ2v) is 6.76. The van der Waals surface area contributed by atoms with E-state index in [4.69, 9.17) is 5.73 Å². The maximum Gasteiger partial charge on any atom is 0.312 e. The number of amides is 2. The number of unbranched alkanes of at least 4 members (excludes halogenated alkanes) is 11. The number of carbonyl (C=O) groups is 1. The summed E-state index contributed by atoms with van der Waals surface area (Å²) in [7, 11) is 0. The molecule has 23 heavy (non-hydrogen) atoms.